The Balaban J connectivity index is 2.11. The molecule has 16 heavy (non-hydrogen) atoms. The molecule has 1 aliphatic carbocycles. The van der Waals surface area contributed by atoms with E-state index in [9.17, 15) is 0 Å². The van der Waals surface area contributed by atoms with Gasteiger partial charge in [0.05, 0.1) is 24.8 Å². The number of hydrogen-bond donors (Lipinski definition) is 0. The SMILES string of the molecule is COCCc1c(CC#N)nnn1CC1CC1. The lowest BCUT2D eigenvalue weighted by Gasteiger charge is -2.05. The molecule has 0 aliphatic heterocycles. The van der Waals surface area contributed by atoms with Crippen LogP contribution in [0.3, 0.4) is 0 Å². The van der Waals surface area contributed by atoms with E-state index >= 15 is 0 Å². The van der Waals surface area contributed by atoms with E-state index in [0.29, 0.717) is 13.0 Å². The number of ether oxygens (including phenoxy) is 1. The average molecular weight is 220 g/mol. The van der Waals surface area contributed by atoms with Gasteiger partial charge in [-0.1, -0.05) is 5.21 Å². The molecule has 0 aromatic carbocycles. The molecule has 5 nitrogen and oxygen atoms in total. The second-order valence-electron chi connectivity index (χ2n) is 4.19. The fourth-order valence-electron chi connectivity index (χ4n) is 1.74. The van der Waals surface area contributed by atoms with E-state index in [2.05, 4.69) is 16.4 Å². The monoisotopic (exact) mass is 220 g/mol. The molecule has 86 valence electrons. The van der Waals surface area contributed by atoms with Gasteiger partial charge in [-0.25, -0.2) is 4.68 Å². The molecule has 1 heterocycles. The summed E-state index contributed by atoms with van der Waals surface area (Å²) in [6.45, 7) is 1.59. The first-order chi connectivity index (χ1) is 7.85. The third kappa shape index (κ3) is 2.58. The molecule has 1 saturated carbocycles. The third-order valence-electron chi connectivity index (χ3n) is 2.84. The minimum Gasteiger partial charge on any atom is -0.384 e. The van der Waals surface area contributed by atoms with E-state index < -0.39 is 0 Å². The van der Waals surface area contributed by atoms with Crippen molar-refractivity contribution in [2.45, 2.75) is 32.2 Å². The lowest BCUT2D eigenvalue weighted by molar-refractivity contribution is 0.199. The number of nitriles is 1. The summed E-state index contributed by atoms with van der Waals surface area (Å²) in [5.41, 5.74) is 1.87. The summed E-state index contributed by atoms with van der Waals surface area (Å²) < 4.78 is 7.02. The van der Waals surface area contributed by atoms with Crippen LogP contribution in [0.25, 0.3) is 0 Å². The quantitative estimate of drug-likeness (QED) is 0.715. The lowest BCUT2D eigenvalue weighted by Crippen LogP contribution is -2.10. The summed E-state index contributed by atoms with van der Waals surface area (Å²) >= 11 is 0. The Morgan fingerprint density at radius 1 is 1.56 bits per heavy atom. The Morgan fingerprint density at radius 2 is 2.38 bits per heavy atom. The van der Waals surface area contributed by atoms with Crippen molar-refractivity contribution in [3.8, 4) is 6.07 Å². The van der Waals surface area contributed by atoms with Crippen LogP contribution in [-0.4, -0.2) is 28.7 Å². The van der Waals surface area contributed by atoms with Gasteiger partial charge in [-0.15, -0.1) is 5.10 Å². The van der Waals surface area contributed by atoms with E-state index in [-0.39, 0.29) is 0 Å². The maximum absolute atomic E-state index is 8.71. The van der Waals surface area contributed by atoms with Crippen LogP contribution in [0.1, 0.15) is 24.2 Å². The predicted octanol–water partition coefficient (Wildman–Crippen LogP) is 0.943. The molecule has 1 aliphatic rings. The van der Waals surface area contributed by atoms with Gasteiger partial charge in [0.1, 0.15) is 5.69 Å². The highest BCUT2D eigenvalue weighted by Crippen LogP contribution is 2.30. The first-order valence-electron chi connectivity index (χ1n) is 5.62. The molecule has 0 radical (unpaired) electrons. The van der Waals surface area contributed by atoms with Gasteiger partial charge in [-0.3, -0.25) is 0 Å². The molecule has 0 spiro atoms. The molecular weight excluding hydrogens is 204 g/mol. The zero-order valence-corrected chi connectivity index (χ0v) is 9.52. The van der Waals surface area contributed by atoms with Crippen LogP contribution in [0.15, 0.2) is 0 Å². The molecule has 0 atom stereocenters. The summed E-state index contributed by atoms with van der Waals surface area (Å²) in [5.74, 6) is 0.762. The van der Waals surface area contributed by atoms with E-state index in [1.165, 1.54) is 12.8 Å². The van der Waals surface area contributed by atoms with Gasteiger partial charge >= 0.3 is 0 Å². The molecule has 2 rings (SSSR count). The third-order valence-corrected chi connectivity index (χ3v) is 2.84. The van der Waals surface area contributed by atoms with Gasteiger partial charge in [-0.05, 0) is 18.8 Å². The summed E-state index contributed by atoms with van der Waals surface area (Å²) in [5, 5.41) is 16.9. The van der Waals surface area contributed by atoms with Crippen LogP contribution < -0.4 is 0 Å². The smallest absolute Gasteiger partial charge is 0.100 e. The van der Waals surface area contributed by atoms with E-state index in [1.807, 2.05) is 4.68 Å². The van der Waals surface area contributed by atoms with Crippen molar-refractivity contribution in [3.63, 3.8) is 0 Å². The normalized spacial score (nSPS) is 15.0. The maximum Gasteiger partial charge on any atom is 0.100 e. The molecule has 0 unspecified atom stereocenters. The highest BCUT2D eigenvalue weighted by atomic mass is 16.5. The number of hydrogen-bond acceptors (Lipinski definition) is 4. The Labute approximate surface area is 95.0 Å². The molecule has 1 aromatic rings. The molecule has 0 bridgehead atoms. The van der Waals surface area contributed by atoms with Crippen LogP contribution in [-0.2, 0) is 24.1 Å². The Hall–Kier alpha value is -1.41. The van der Waals surface area contributed by atoms with Gasteiger partial charge < -0.3 is 4.74 Å². The highest BCUT2D eigenvalue weighted by molar-refractivity contribution is 5.14. The van der Waals surface area contributed by atoms with E-state index in [4.69, 9.17) is 10.00 Å². The zero-order chi connectivity index (χ0) is 11.4. The molecule has 1 aromatic heterocycles. The van der Waals surface area contributed by atoms with E-state index in [0.717, 1.165) is 30.3 Å². The number of nitrogens with zero attached hydrogens (tertiary/aromatic N) is 4. The first-order valence-corrected chi connectivity index (χ1v) is 5.62. The van der Waals surface area contributed by atoms with Crippen molar-refractivity contribution >= 4 is 0 Å². The van der Waals surface area contributed by atoms with Crippen LogP contribution >= 0.6 is 0 Å². The molecular formula is C11H16N4O. The van der Waals surface area contributed by atoms with Crippen molar-refractivity contribution < 1.29 is 4.74 Å². The second kappa shape index (κ2) is 5.08. The summed E-state index contributed by atoms with van der Waals surface area (Å²) in [7, 11) is 1.68. The minimum atomic E-state index is 0.337. The predicted molar refractivity (Wildman–Crippen MR) is 57.6 cm³/mol. The molecule has 0 amide bonds. The largest absolute Gasteiger partial charge is 0.384 e. The molecule has 5 heteroatoms. The topological polar surface area (TPSA) is 63.7 Å². The van der Waals surface area contributed by atoms with Gasteiger partial charge in [0.25, 0.3) is 0 Å². The van der Waals surface area contributed by atoms with Crippen molar-refractivity contribution in [1.82, 2.24) is 15.0 Å². The van der Waals surface area contributed by atoms with Crippen LogP contribution in [0.2, 0.25) is 0 Å². The summed E-state index contributed by atoms with van der Waals surface area (Å²) in [6, 6.07) is 2.13. The minimum absolute atomic E-state index is 0.337. The summed E-state index contributed by atoms with van der Waals surface area (Å²) in [4.78, 5) is 0. The van der Waals surface area contributed by atoms with Crippen molar-refractivity contribution in [2.24, 2.45) is 5.92 Å². The molecule has 0 N–H and O–H groups in total. The van der Waals surface area contributed by atoms with Crippen molar-refractivity contribution in [3.05, 3.63) is 11.4 Å². The van der Waals surface area contributed by atoms with Gasteiger partial charge in [0, 0.05) is 20.1 Å². The standard InChI is InChI=1S/C11H16N4O/c1-16-7-5-11-10(4-6-12)13-14-15(11)8-9-2-3-9/h9H,2-5,7-8H2,1H3. The van der Waals surface area contributed by atoms with Crippen LogP contribution in [0.4, 0.5) is 0 Å². The van der Waals surface area contributed by atoms with Gasteiger partial charge in [-0.2, -0.15) is 5.26 Å². The average Bonchev–Trinajstić information content (AvgIpc) is 3.01. The Kier molecular flexibility index (Phi) is 3.52. The zero-order valence-electron chi connectivity index (χ0n) is 9.52. The fourth-order valence-corrected chi connectivity index (χ4v) is 1.74. The number of methoxy groups -OCH3 is 1. The first kappa shape index (κ1) is 11.1. The van der Waals surface area contributed by atoms with Crippen molar-refractivity contribution in [2.75, 3.05) is 13.7 Å². The lowest BCUT2D eigenvalue weighted by atomic mass is 10.2. The van der Waals surface area contributed by atoms with Crippen LogP contribution in [0.5, 0.6) is 0 Å². The van der Waals surface area contributed by atoms with Gasteiger partial charge in [0.15, 0.2) is 0 Å². The fraction of sp³-hybridized carbons (Fsp3) is 0.727. The maximum atomic E-state index is 8.71. The van der Waals surface area contributed by atoms with Gasteiger partial charge in [0.2, 0.25) is 0 Å². The molecule has 1 fully saturated rings. The Morgan fingerprint density at radius 3 is 3.00 bits per heavy atom. The highest BCUT2D eigenvalue weighted by Gasteiger charge is 2.24. The second-order valence-corrected chi connectivity index (χ2v) is 4.19. The van der Waals surface area contributed by atoms with Crippen LogP contribution in [0, 0.1) is 17.2 Å². The number of aromatic nitrogens is 3. The van der Waals surface area contributed by atoms with Crippen molar-refractivity contribution in [1.29, 1.82) is 5.26 Å². The van der Waals surface area contributed by atoms with E-state index in [1.54, 1.807) is 7.11 Å². The summed E-state index contributed by atoms with van der Waals surface area (Å²) in [6.07, 6.45) is 3.70. The molecule has 0 saturated heterocycles. The number of rotatable bonds is 6. The Bertz CT molecular complexity index is 389.